The Morgan fingerprint density at radius 2 is 1.83 bits per heavy atom. The molecule has 0 saturated heterocycles. The average molecular weight is 346 g/mol. The smallest absolute Gasteiger partial charge is 0.255 e. The van der Waals surface area contributed by atoms with Crippen molar-refractivity contribution in [2.24, 2.45) is 5.41 Å². The first kappa shape index (κ1) is 16.7. The minimum absolute atomic E-state index is 0.0701. The summed E-state index contributed by atoms with van der Waals surface area (Å²) in [6, 6.07) is 10.6. The quantitative estimate of drug-likeness (QED) is 0.858. The summed E-state index contributed by atoms with van der Waals surface area (Å²) in [7, 11) is 0. The lowest BCUT2D eigenvalue weighted by Crippen LogP contribution is -2.26. The number of rotatable bonds is 2. The van der Waals surface area contributed by atoms with Crippen LogP contribution in [0.2, 0.25) is 5.02 Å². The van der Waals surface area contributed by atoms with Gasteiger partial charge in [-0.1, -0.05) is 31.5 Å². The van der Waals surface area contributed by atoms with Gasteiger partial charge in [-0.05, 0) is 42.8 Å². The molecule has 0 bridgehead atoms. The van der Waals surface area contributed by atoms with Crippen LogP contribution < -0.4 is 14.8 Å². The Kier molecular flexibility index (Phi) is 4.41. The third-order valence-electron chi connectivity index (χ3n) is 3.96. The highest BCUT2D eigenvalue weighted by Gasteiger charge is 2.25. The number of nitrogens with one attached hydrogen (secondary N) is 1. The number of fused-ring (bicyclic) bond motifs is 1. The van der Waals surface area contributed by atoms with Gasteiger partial charge in [-0.25, -0.2) is 0 Å². The zero-order valence-electron chi connectivity index (χ0n) is 14.0. The van der Waals surface area contributed by atoms with Gasteiger partial charge in [-0.2, -0.15) is 0 Å². The predicted octanol–water partition coefficient (Wildman–Crippen LogP) is 4.70. The highest BCUT2D eigenvalue weighted by atomic mass is 35.5. The number of hydrogen-bond acceptors (Lipinski definition) is 3. The number of benzene rings is 2. The van der Waals surface area contributed by atoms with Crippen molar-refractivity contribution in [2.75, 3.05) is 18.5 Å². The van der Waals surface area contributed by atoms with Crippen molar-refractivity contribution in [3.8, 4) is 11.5 Å². The van der Waals surface area contributed by atoms with Gasteiger partial charge in [-0.15, -0.1) is 0 Å². The van der Waals surface area contributed by atoms with E-state index in [1.54, 1.807) is 30.3 Å². The first-order valence-corrected chi connectivity index (χ1v) is 8.20. The summed E-state index contributed by atoms with van der Waals surface area (Å²) < 4.78 is 11.6. The second kappa shape index (κ2) is 6.36. The molecule has 2 aromatic rings. The van der Waals surface area contributed by atoms with Crippen LogP contribution in [-0.2, 0) is 0 Å². The standard InChI is InChI=1S/C19H20ClNO3/c1-12-14(20)5-4-6-15(12)21-18(22)13-7-8-16-17(9-13)24-11-19(2,3)10-23-16/h4-9H,10-11H2,1-3H3,(H,21,22). The van der Waals surface area contributed by atoms with Gasteiger partial charge < -0.3 is 14.8 Å². The van der Waals surface area contributed by atoms with Crippen molar-refractivity contribution < 1.29 is 14.3 Å². The van der Waals surface area contributed by atoms with Crippen molar-refractivity contribution in [1.29, 1.82) is 0 Å². The van der Waals surface area contributed by atoms with Gasteiger partial charge in [0, 0.05) is 21.7 Å². The first-order valence-electron chi connectivity index (χ1n) is 7.82. The van der Waals surface area contributed by atoms with E-state index in [1.165, 1.54) is 0 Å². The van der Waals surface area contributed by atoms with Gasteiger partial charge in [-0.3, -0.25) is 4.79 Å². The van der Waals surface area contributed by atoms with Crippen LogP contribution >= 0.6 is 11.6 Å². The molecule has 3 rings (SSSR count). The largest absolute Gasteiger partial charge is 0.489 e. The van der Waals surface area contributed by atoms with Crippen LogP contribution in [0.1, 0.15) is 29.8 Å². The number of hydrogen-bond donors (Lipinski definition) is 1. The summed E-state index contributed by atoms with van der Waals surface area (Å²) >= 11 is 6.10. The van der Waals surface area contributed by atoms with Crippen LogP contribution in [0.25, 0.3) is 0 Å². The lowest BCUT2D eigenvalue weighted by Gasteiger charge is -2.19. The average Bonchev–Trinajstić information content (AvgIpc) is 2.70. The summed E-state index contributed by atoms with van der Waals surface area (Å²) in [4.78, 5) is 12.5. The molecule has 2 aromatic carbocycles. The Labute approximate surface area is 146 Å². The minimum atomic E-state index is -0.213. The molecule has 1 heterocycles. The fourth-order valence-corrected chi connectivity index (χ4v) is 2.58. The van der Waals surface area contributed by atoms with Crippen molar-refractivity contribution >= 4 is 23.2 Å². The van der Waals surface area contributed by atoms with E-state index in [4.69, 9.17) is 21.1 Å². The molecule has 1 aliphatic rings. The van der Waals surface area contributed by atoms with Crippen molar-refractivity contribution in [2.45, 2.75) is 20.8 Å². The van der Waals surface area contributed by atoms with E-state index in [9.17, 15) is 4.79 Å². The van der Waals surface area contributed by atoms with Crippen LogP contribution in [0.4, 0.5) is 5.69 Å². The van der Waals surface area contributed by atoms with E-state index in [0.717, 1.165) is 5.56 Å². The molecule has 0 unspecified atom stereocenters. The summed E-state index contributed by atoms with van der Waals surface area (Å²) in [6.07, 6.45) is 0. The number of amides is 1. The molecule has 24 heavy (non-hydrogen) atoms. The Morgan fingerprint density at radius 1 is 1.12 bits per heavy atom. The molecule has 0 aliphatic carbocycles. The first-order chi connectivity index (χ1) is 11.4. The fraction of sp³-hybridized carbons (Fsp3) is 0.316. The van der Waals surface area contributed by atoms with Crippen molar-refractivity contribution in [3.05, 3.63) is 52.5 Å². The zero-order valence-corrected chi connectivity index (χ0v) is 14.7. The van der Waals surface area contributed by atoms with E-state index in [1.807, 2.05) is 13.0 Å². The summed E-state index contributed by atoms with van der Waals surface area (Å²) in [5.41, 5.74) is 1.97. The van der Waals surface area contributed by atoms with Crippen LogP contribution in [0.15, 0.2) is 36.4 Å². The molecule has 4 nitrogen and oxygen atoms in total. The molecule has 0 aromatic heterocycles. The van der Waals surface area contributed by atoms with Crippen LogP contribution in [0.3, 0.4) is 0 Å². The minimum Gasteiger partial charge on any atom is -0.489 e. The summed E-state index contributed by atoms with van der Waals surface area (Å²) in [5.74, 6) is 1.04. The lowest BCUT2D eigenvalue weighted by molar-refractivity contribution is 0.102. The molecule has 0 fully saturated rings. The highest BCUT2D eigenvalue weighted by Crippen LogP contribution is 2.34. The molecule has 1 N–H and O–H groups in total. The highest BCUT2D eigenvalue weighted by molar-refractivity contribution is 6.31. The van der Waals surface area contributed by atoms with Crippen molar-refractivity contribution in [3.63, 3.8) is 0 Å². The number of ether oxygens (including phenoxy) is 2. The molecule has 5 heteroatoms. The maximum Gasteiger partial charge on any atom is 0.255 e. The van der Waals surface area contributed by atoms with Gasteiger partial charge in [0.1, 0.15) is 0 Å². The second-order valence-electron chi connectivity index (χ2n) is 6.77. The second-order valence-corrected chi connectivity index (χ2v) is 7.18. The van der Waals surface area contributed by atoms with E-state index in [2.05, 4.69) is 19.2 Å². The van der Waals surface area contributed by atoms with E-state index in [0.29, 0.717) is 41.0 Å². The van der Waals surface area contributed by atoms with E-state index < -0.39 is 0 Å². The molecule has 126 valence electrons. The number of carbonyl (C=O) groups excluding carboxylic acids is 1. The van der Waals surface area contributed by atoms with Crippen LogP contribution in [0, 0.1) is 12.3 Å². The van der Waals surface area contributed by atoms with Gasteiger partial charge in [0.2, 0.25) is 0 Å². The monoisotopic (exact) mass is 345 g/mol. The normalized spacial score (nSPS) is 15.5. The summed E-state index contributed by atoms with van der Waals surface area (Å²) in [6.45, 7) is 7.14. The van der Waals surface area contributed by atoms with Crippen LogP contribution in [0.5, 0.6) is 11.5 Å². The molecule has 0 atom stereocenters. The predicted molar refractivity (Wildman–Crippen MR) is 95.4 cm³/mol. The number of anilines is 1. The maximum absolute atomic E-state index is 12.5. The third kappa shape index (κ3) is 3.49. The van der Waals surface area contributed by atoms with E-state index in [-0.39, 0.29) is 11.3 Å². The summed E-state index contributed by atoms with van der Waals surface area (Å²) in [5, 5.41) is 3.51. The Morgan fingerprint density at radius 3 is 2.58 bits per heavy atom. The van der Waals surface area contributed by atoms with E-state index >= 15 is 0 Å². The van der Waals surface area contributed by atoms with Crippen LogP contribution in [-0.4, -0.2) is 19.1 Å². The topological polar surface area (TPSA) is 47.6 Å². The van der Waals surface area contributed by atoms with Gasteiger partial charge >= 0.3 is 0 Å². The number of halogens is 1. The number of carbonyl (C=O) groups is 1. The molecule has 0 saturated carbocycles. The Hall–Kier alpha value is -2.20. The zero-order chi connectivity index (χ0) is 17.3. The molecular formula is C19H20ClNO3. The molecule has 0 radical (unpaired) electrons. The SMILES string of the molecule is Cc1c(Cl)cccc1NC(=O)c1ccc2c(c1)OCC(C)(C)CO2. The molecular weight excluding hydrogens is 326 g/mol. The Balaban J connectivity index is 1.82. The van der Waals surface area contributed by atoms with Gasteiger partial charge in [0.05, 0.1) is 13.2 Å². The molecule has 0 spiro atoms. The maximum atomic E-state index is 12.5. The van der Waals surface area contributed by atoms with Gasteiger partial charge in [0.15, 0.2) is 11.5 Å². The molecule has 1 aliphatic heterocycles. The lowest BCUT2D eigenvalue weighted by atomic mass is 9.97. The Bertz CT molecular complexity index is 786. The molecule has 1 amide bonds. The third-order valence-corrected chi connectivity index (χ3v) is 4.37. The van der Waals surface area contributed by atoms with Crippen molar-refractivity contribution in [1.82, 2.24) is 0 Å². The fourth-order valence-electron chi connectivity index (χ4n) is 2.41. The van der Waals surface area contributed by atoms with Gasteiger partial charge in [0.25, 0.3) is 5.91 Å².